The number of aromatic amines is 1. The van der Waals surface area contributed by atoms with Crippen LogP contribution in [0.2, 0.25) is 0 Å². The lowest BCUT2D eigenvalue weighted by molar-refractivity contribution is 0.0549. The van der Waals surface area contributed by atoms with Crippen LogP contribution in [0.3, 0.4) is 0 Å². The Hall–Kier alpha value is -2.43. The third-order valence-electron chi connectivity index (χ3n) is 2.52. The molecule has 1 aromatic heterocycles. The van der Waals surface area contributed by atoms with Crippen molar-refractivity contribution in [3.8, 4) is 11.4 Å². The van der Waals surface area contributed by atoms with E-state index in [1.54, 1.807) is 30.3 Å². The highest BCUT2D eigenvalue weighted by Crippen LogP contribution is 2.15. The molecule has 0 atom stereocenters. The number of hydrogen-bond donors (Lipinski definition) is 1. The summed E-state index contributed by atoms with van der Waals surface area (Å²) in [6.45, 7) is 4.00. The van der Waals surface area contributed by atoms with Crippen LogP contribution in [-0.2, 0) is 4.74 Å². The summed E-state index contributed by atoms with van der Waals surface area (Å²) >= 11 is 0. The molecule has 2 aromatic rings. The number of aromatic nitrogens is 3. The first kappa shape index (κ1) is 13.0. The van der Waals surface area contributed by atoms with E-state index in [-0.39, 0.29) is 12.6 Å². The van der Waals surface area contributed by atoms with Crippen LogP contribution in [0.1, 0.15) is 23.1 Å². The van der Waals surface area contributed by atoms with Gasteiger partial charge in [0.25, 0.3) is 0 Å². The molecular weight excluding hydrogens is 242 g/mol. The summed E-state index contributed by atoms with van der Waals surface area (Å²) in [6.07, 6.45) is 3.62. The zero-order chi connectivity index (χ0) is 13.7. The van der Waals surface area contributed by atoms with Crippen LogP contribution >= 0.6 is 0 Å². The molecule has 0 aliphatic heterocycles. The molecule has 0 aliphatic rings. The molecule has 0 amide bonds. The van der Waals surface area contributed by atoms with Crippen LogP contribution in [0.15, 0.2) is 36.4 Å². The van der Waals surface area contributed by atoms with Crippen molar-refractivity contribution in [3.63, 3.8) is 0 Å². The van der Waals surface area contributed by atoms with Crippen LogP contribution in [0, 0.1) is 6.92 Å². The summed E-state index contributed by atoms with van der Waals surface area (Å²) in [5.41, 5.74) is 1.37. The summed E-state index contributed by atoms with van der Waals surface area (Å²) < 4.78 is 5.06. The zero-order valence-electron chi connectivity index (χ0n) is 10.9. The van der Waals surface area contributed by atoms with Gasteiger partial charge in [-0.1, -0.05) is 24.3 Å². The molecule has 0 radical (unpaired) electrons. The van der Waals surface area contributed by atoms with E-state index >= 15 is 0 Å². The number of nitrogens with one attached hydrogen (secondary N) is 1. The number of aryl methyl sites for hydroxylation is 1. The SMILES string of the molecule is CC=CCOC(=O)c1ccc(-c2n[nH]c(C)n2)cc1. The molecular formula is C14H15N3O2. The minimum absolute atomic E-state index is 0.289. The smallest absolute Gasteiger partial charge is 0.338 e. The Morgan fingerprint density at radius 2 is 2.11 bits per heavy atom. The van der Waals surface area contributed by atoms with E-state index in [9.17, 15) is 4.79 Å². The average Bonchev–Trinajstić information content (AvgIpc) is 2.86. The monoisotopic (exact) mass is 257 g/mol. The van der Waals surface area contributed by atoms with Crippen LogP contribution in [0.5, 0.6) is 0 Å². The molecule has 0 saturated carbocycles. The fraction of sp³-hybridized carbons (Fsp3) is 0.214. The number of benzene rings is 1. The van der Waals surface area contributed by atoms with Crippen molar-refractivity contribution in [2.45, 2.75) is 13.8 Å². The highest BCUT2D eigenvalue weighted by Gasteiger charge is 2.08. The third-order valence-corrected chi connectivity index (χ3v) is 2.52. The minimum Gasteiger partial charge on any atom is -0.458 e. The van der Waals surface area contributed by atoms with Crippen molar-refractivity contribution < 1.29 is 9.53 Å². The average molecular weight is 257 g/mol. The molecule has 0 bridgehead atoms. The number of hydrogen-bond acceptors (Lipinski definition) is 4. The second-order valence-corrected chi connectivity index (χ2v) is 3.99. The van der Waals surface area contributed by atoms with Gasteiger partial charge in [-0.15, -0.1) is 0 Å². The number of allylic oxidation sites excluding steroid dienone is 1. The van der Waals surface area contributed by atoms with E-state index in [1.165, 1.54) is 0 Å². The van der Waals surface area contributed by atoms with Crippen LogP contribution in [-0.4, -0.2) is 27.8 Å². The summed E-state index contributed by atoms with van der Waals surface area (Å²) in [6, 6.07) is 7.02. The first-order chi connectivity index (χ1) is 9.20. The maximum absolute atomic E-state index is 11.7. The Morgan fingerprint density at radius 3 is 2.68 bits per heavy atom. The molecule has 5 heteroatoms. The summed E-state index contributed by atoms with van der Waals surface area (Å²) in [5.74, 6) is 1.03. The van der Waals surface area contributed by atoms with Gasteiger partial charge in [-0.05, 0) is 26.0 Å². The number of esters is 1. The van der Waals surface area contributed by atoms with Gasteiger partial charge >= 0.3 is 5.97 Å². The van der Waals surface area contributed by atoms with Crippen LogP contribution in [0.4, 0.5) is 0 Å². The van der Waals surface area contributed by atoms with E-state index in [0.29, 0.717) is 11.4 Å². The maximum atomic E-state index is 11.7. The molecule has 0 spiro atoms. The number of carbonyl (C=O) groups is 1. The van der Waals surface area contributed by atoms with Crippen molar-refractivity contribution in [2.24, 2.45) is 0 Å². The highest BCUT2D eigenvalue weighted by atomic mass is 16.5. The lowest BCUT2D eigenvalue weighted by Crippen LogP contribution is -2.04. The molecule has 98 valence electrons. The lowest BCUT2D eigenvalue weighted by atomic mass is 10.1. The Bertz CT molecular complexity index is 585. The molecule has 2 rings (SSSR count). The van der Waals surface area contributed by atoms with E-state index < -0.39 is 0 Å². The largest absolute Gasteiger partial charge is 0.458 e. The second-order valence-electron chi connectivity index (χ2n) is 3.99. The van der Waals surface area contributed by atoms with Crippen LogP contribution in [0.25, 0.3) is 11.4 Å². The summed E-state index contributed by atoms with van der Waals surface area (Å²) in [7, 11) is 0. The van der Waals surface area contributed by atoms with Gasteiger partial charge in [0.2, 0.25) is 0 Å². The standard InChI is InChI=1S/C14H15N3O2/c1-3-4-9-19-14(18)12-7-5-11(6-8-12)13-15-10(2)16-17-13/h3-8H,9H2,1-2H3,(H,15,16,17). The van der Waals surface area contributed by atoms with Crippen molar-refractivity contribution >= 4 is 5.97 Å². The number of ether oxygens (including phenoxy) is 1. The maximum Gasteiger partial charge on any atom is 0.338 e. The predicted molar refractivity (Wildman–Crippen MR) is 71.7 cm³/mol. The molecule has 1 aromatic carbocycles. The van der Waals surface area contributed by atoms with Crippen molar-refractivity contribution in [1.82, 2.24) is 15.2 Å². The summed E-state index contributed by atoms with van der Waals surface area (Å²) in [5, 5.41) is 6.84. The van der Waals surface area contributed by atoms with Crippen molar-refractivity contribution in [1.29, 1.82) is 0 Å². The number of nitrogens with zero attached hydrogens (tertiary/aromatic N) is 2. The Morgan fingerprint density at radius 1 is 1.37 bits per heavy atom. The van der Waals surface area contributed by atoms with Gasteiger partial charge in [0.15, 0.2) is 5.82 Å². The van der Waals surface area contributed by atoms with Gasteiger partial charge in [0, 0.05) is 5.56 Å². The molecule has 0 aliphatic carbocycles. The summed E-state index contributed by atoms with van der Waals surface area (Å²) in [4.78, 5) is 15.9. The second kappa shape index (κ2) is 5.95. The molecule has 1 heterocycles. The van der Waals surface area contributed by atoms with Gasteiger partial charge in [-0.2, -0.15) is 5.10 Å². The van der Waals surface area contributed by atoms with Gasteiger partial charge < -0.3 is 4.74 Å². The normalized spacial score (nSPS) is 10.8. The Labute approximate surface area is 111 Å². The fourth-order valence-corrected chi connectivity index (χ4v) is 1.53. The quantitative estimate of drug-likeness (QED) is 0.675. The van der Waals surface area contributed by atoms with Gasteiger partial charge in [-0.25, -0.2) is 9.78 Å². The molecule has 0 unspecified atom stereocenters. The molecule has 19 heavy (non-hydrogen) atoms. The third kappa shape index (κ3) is 3.28. The van der Waals surface area contributed by atoms with Gasteiger partial charge in [0.1, 0.15) is 12.4 Å². The first-order valence-electron chi connectivity index (χ1n) is 5.98. The number of rotatable bonds is 4. The van der Waals surface area contributed by atoms with E-state index in [4.69, 9.17) is 4.74 Å². The topological polar surface area (TPSA) is 67.9 Å². The Balaban J connectivity index is 2.08. The van der Waals surface area contributed by atoms with Gasteiger partial charge in [0.05, 0.1) is 5.56 Å². The molecule has 0 saturated heterocycles. The lowest BCUT2D eigenvalue weighted by Gasteiger charge is -2.02. The number of H-pyrrole nitrogens is 1. The van der Waals surface area contributed by atoms with Crippen LogP contribution < -0.4 is 0 Å². The highest BCUT2D eigenvalue weighted by molar-refractivity contribution is 5.89. The molecule has 1 N–H and O–H groups in total. The first-order valence-corrected chi connectivity index (χ1v) is 5.98. The van der Waals surface area contributed by atoms with Gasteiger partial charge in [-0.3, -0.25) is 5.10 Å². The number of carbonyl (C=O) groups excluding carboxylic acids is 1. The van der Waals surface area contributed by atoms with Crippen molar-refractivity contribution in [2.75, 3.05) is 6.61 Å². The van der Waals surface area contributed by atoms with Crippen molar-refractivity contribution in [3.05, 3.63) is 47.8 Å². The Kier molecular flexibility index (Phi) is 4.07. The van der Waals surface area contributed by atoms with E-state index in [0.717, 1.165) is 11.4 Å². The van der Waals surface area contributed by atoms with E-state index in [2.05, 4.69) is 15.2 Å². The fourth-order valence-electron chi connectivity index (χ4n) is 1.53. The van der Waals surface area contributed by atoms with E-state index in [1.807, 2.05) is 19.9 Å². The zero-order valence-corrected chi connectivity index (χ0v) is 10.9. The minimum atomic E-state index is -0.337. The molecule has 0 fully saturated rings. The predicted octanol–water partition coefficient (Wildman–Crippen LogP) is 2.51. The molecule has 5 nitrogen and oxygen atoms in total.